The fourth-order valence-corrected chi connectivity index (χ4v) is 3.95. The molecule has 2 N–H and O–H groups in total. The summed E-state index contributed by atoms with van der Waals surface area (Å²) in [5.41, 5.74) is 6.56. The van der Waals surface area contributed by atoms with E-state index in [0.717, 1.165) is 25.3 Å². The zero-order valence-corrected chi connectivity index (χ0v) is 16.4. The van der Waals surface area contributed by atoms with Gasteiger partial charge in [-0.05, 0) is 53.5 Å². The molecule has 1 aromatic heterocycles. The van der Waals surface area contributed by atoms with Crippen molar-refractivity contribution >= 4 is 16.6 Å². The number of carbonyl (C=O) groups is 1. The van der Waals surface area contributed by atoms with E-state index in [9.17, 15) is 26.4 Å². The summed E-state index contributed by atoms with van der Waals surface area (Å²) in [4.78, 5) is 15.5. The van der Waals surface area contributed by atoms with E-state index in [4.69, 9.17) is 5.73 Å². The number of halogens is 3. The number of pyridine rings is 1. The summed E-state index contributed by atoms with van der Waals surface area (Å²) in [7, 11) is -2.64. The molecule has 0 spiro atoms. The minimum absolute atomic E-state index is 0.114. The largest absolute Gasteiger partial charge is 0.433 e. The van der Waals surface area contributed by atoms with Gasteiger partial charge in [-0.15, -0.1) is 0 Å². The van der Waals surface area contributed by atoms with Crippen LogP contribution >= 0.6 is 0 Å². The molecule has 1 unspecified atom stereocenters. The Bertz CT molecular complexity index is 960. The van der Waals surface area contributed by atoms with Crippen molar-refractivity contribution in [1.82, 2.24) is 4.98 Å². The Morgan fingerprint density at radius 1 is 1.21 bits per heavy atom. The first-order valence-electron chi connectivity index (χ1n) is 9.20. The normalized spacial score (nSPS) is 15.4. The van der Waals surface area contributed by atoms with E-state index in [1.165, 1.54) is 18.3 Å². The number of aromatic nitrogens is 1. The van der Waals surface area contributed by atoms with Crippen LogP contribution in [0.4, 0.5) is 13.2 Å². The van der Waals surface area contributed by atoms with Crippen LogP contribution in [0.1, 0.15) is 57.9 Å². The van der Waals surface area contributed by atoms with Gasteiger partial charge in [-0.25, -0.2) is 8.42 Å². The maximum Gasteiger partial charge on any atom is 0.433 e. The van der Waals surface area contributed by atoms with E-state index in [0.29, 0.717) is 29.0 Å². The summed E-state index contributed by atoms with van der Waals surface area (Å²) >= 11 is 0. The highest BCUT2D eigenvalue weighted by molar-refractivity contribution is 7.71. The van der Waals surface area contributed by atoms with E-state index in [-0.39, 0.29) is 17.2 Å². The molecule has 156 valence electrons. The molecule has 1 atom stereocenters. The molecule has 0 aliphatic heterocycles. The van der Waals surface area contributed by atoms with E-state index in [2.05, 4.69) is 4.98 Å². The van der Waals surface area contributed by atoms with E-state index >= 15 is 0 Å². The number of thiol groups is 1. The summed E-state index contributed by atoms with van der Waals surface area (Å²) in [5, 5.41) is 0. The first-order chi connectivity index (χ1) is 13.6. The molecule has 1 heterocycles. The maximum absolute atomic E-state index is 12.8. The minimum atomic E-state index is -4.50. The van der Waals surface area contributed by atoms with Crippen molar-refractivity contribution in [2.24, 2.45) is 11.7 Å². The Balaban J connectivity index is 1.89. The number of amides is 1. The lowest BCUT2D eigenvalue weighted by molar-refractivity contribution is -0.141. The molecule has 1 fully saturated rings. The van der Waals surface area contributed by atoms with Crippen LogP contribution in [0.2, 0.25) is 0 Å². The Hall–Kier alpha value is -2.42. The molecule has 9 heteroatoms. The highest BCUT2D eigenvalue weighted by atomic mass is 32.2. The second-order valence-electron chi connectivity index (χ2n) is 7.40. The summed E-state index contributed by atoms with van der Waals surface area (Å²) in [6.07, 6.45) is 0.0781. The van der Waals surface area contributed by atoms with E-state index in [1.54, 1.807) is 12.1 Å². The SMILES string of the molecule is NC(=O)c1cc(C[SH](=O)=O)ccc1CC(CC1CC1)c1ccc(C(F)(F)F)nc1. The fourth-order valence-electron chi connectivity index (χ4n) is 3.45. The van der Waals surface area contributed by atoms with Crippen LogP contribution in [0.25, 0.3) is 0 Å². The summed E-state index contributed by atoms with van der Waals surface area (Å²) < 4.78 is 60.3. The molecule has 1 aliphatic carbocycles. The number of hydrogen-bond donors (Lipinski definition) is 2. The lowest BCUT2D eigenvalue weighted by atomic mass is 9.86. The molecule has 1 aliphatic rings. The zero-order valence-electron chi connectivity index (χ0n) is 15.5. The van der Waals surface area contributed by atoms with Crippen molar-refractivity contribution < 1.29 is 26.4 Å². The molecule has 29 heavy (non-hydrogen) atoms. The van der Waals surface area contributed by atoms with Crippen molar-refractivity contribution in [3.05, 3.63) is 64.5 Å². The van der Waals surface area contributed by atoms with Gasteiger partial charge in [0.2, 0.25) is 5.91 Å². The lowest BCUT2D eigenvalue weighted by Crippen LogP contribution is -2.16. The maximum atomic E-state index is 12.8. The number of benzene rings is 1. The zero-order chi connectivity index (χ0) is 21.2. The van der Waals surface area contributed by atoms with Crippen molar-refractivity contribution in [2.45, 2.75) is 43.5 Å². The van der Waals surface area contributed by atoms with Gasteiger partial charge in [0.25, 0.3) is 0 Å². The number of nitrogens with zero attached hydrogens (tertiary/aromatic N) is 1. The average molecular weight is 426 g/mol. The quantitative estimate of drug-likeness (QED) is 0.633. The number of hydrogen-bond acceptors (Lipinski definition) is 4. The van der Waals surface area contributed by atoms with Crippen molar-refractivity contribution in [3.63, 3.8) is 0 Å². The number of nitrogens with two attached hydrogens (primary N) is 1. The predicted octanol–water partition coefficient (Wildman–Crippen LogP) is 3.44. The van der Waals surface area contributed by atoms with Gasteiger partial charge in [0.15, 0.2) is 0 Å². The Morgan fingerprint density at radius 3 is 2.45 bits per heavy atom. The standard InChI is InChI=1S/C20H21F3N2O3S/c21-20(22,23)18-6-5-15(10-25-18)16(7-12-1-2-12)9-14-4-3-13(11-29(27)28)8-17(14)19(24)26/h3-6,8,10,12,16,29H,1-2,7,9,11H2,(H2,24,26). The topological polar surface area (TPSA) is 90.1 Å². The first-order valence-corrected chi connectivity index (χ1v) is 10.6. The Labute approximate surface area is 168 Å². The molecule has 5 nitrogen and oxygen atoms in total. The molecule has 0 radical (unpaired) electrons. The molecular formula is C20H21F3N2O3S. The number of primary amides is 1. The first kappa shape index (κ1) is 21.3. The number of alkyl halides is 3. The van der Waals surface area contributed by atoms with Crippen LogP contribution in [0, 0.1) is 5.92 Å². The van der Waals surface area contributed by atoms with Gasteiger partial charge in [0.1, 0.15) is 16.4 Å². The van der Waals surface area contributed by atoms with Crippen molar-refractivity contribution in [1.29, 1.82) is 0 Å². The van der Waals surface area contributed by atoms with Gasteiger partial charge < -0.3 is 5.73 Å². The second-order valence-corrected chi connectivity index (χ2v) is 8.38. The van der Waals surface area contributed by atoms with Gasteiger partial charge in [-0.2, -0.15) is 13.2 Å². The molecule has 0 bridgehead atoms. The molecule has 2 aromatic rings. The van der Waals surface area contributed by atoms with Gasteiger partial charge in [0.05, 0.1) is 5.75 Å². The molecule has 1 aromatic carbocycles. The third-order valence-corrected chi connectivity index (χ3v) is 5.70. The van der Waals surface area contributed by atoms with Crippen LogP contribution < -0.4 is 5.73 Å². The van der Waals surface area contributed by atoms with Crippen molar-refractivity contribution in [3.8, 4) is 0 Å². The summed E-state index contributed by atoms with van der Waals surface area (Å²) in [5.74, 6) is -0.469. The average Bonchev–Trinajstić information content (AvgIpc) is 3.45. The molecule has 0 saturated heterocycles. The molecule has 1 saturated carbocycles. The lowest BCUT2D eigenvalue weighted by Gasteiger charge is -2.19. The number of carbonyl (C=O) groups excluding carboxylic acids is 1. The number of rotatable bonds is 8. The van der Waals surface area contributed by atoms with Gasteiger partial charge >= 0.3 is 6.18 Å². The summed E-state index contributed by atoms with van der Waals surface area (Å²) in [6, 6.07) is 7.18. The summed E-state index contributed by atoms with van der Waals surface area (Å²) in [6.45, 7) is 0. The van der Waals surface area contributed by atoms with Crippen LogP contribution in [-0.4, -0.2) is 19.3 Å². The van der Waals surface area contributed by atoms with Crippen LogP contribution in [0.3, 0.4) is 0 Å². The van der Waals surface area contributed by atoms with E-state index in [1.807, 2.05) is 0 Å². The Kier molecular flexibility index (Phi) is 6.26. The smallest absolute Gasteiger partial charge is 0.366 e. The third-order valence-electron chi connectivity index (χ3n) is 5.08. The fraction of sp³-hybridized carbons (Fsp3) is 0.400. The molecular weight excluding hydrogens is 405 g/mol. The Morgan fingerprint density at radius 2 is 1.93 bits per heavy atom. The van der Waals surface area contributed by atoms with Crippen molar-refractivity contribution in [2.75, 3.05) is 0 Å². The van der Waals surface area contributed by atoms with Crippen LogP contribution in [0.5, 0.6) is 0 Å². The minimum Gasteiger partial charge on any atom is -0.366 e. The van der Waals surface area contributed by atoms with Gasteiger partial charge in [-0.3, -0.25) is 9.78 Å². The highest BCUT2D eigenvalue weighted by Crippen LogP contribution is 2.40. The van der Waals surface area contributed by atoms with Gasteiger partial charge in [0, 0.05) is 11.8 Å². The van der Waals surface area contributed by atoms with E-state index < -0.39 is 28.5 Å². The van der Waals surface area contributed by atoms with Crippen LogP contribution in [-0.2, 0) is 29.1 Å². The van der Waals surface area contributed by atoms with Crippen LogP contribution in [0.15, 0.2) is 36.5 Å². The predicted molar refractivity (Wildman–Crippen MR) is 102 cm³/mol. The second kappa shape index (κ2) is 8.52. The van der Waals surface area contributed by atoms with Gasteiger partial charge in [-0.1, -0.05) is 31.0 Å². The monoisotopic (exact) mass is 426 g/mol. The molecule has 3 rings (SSSR count). The highest BCUT2D eigenvalue weighted by Gasteiger charge is 2.33. The molecule has 1 amide bonds. The third kappa shape index (κ3) is 5.79.